The first kappa shape index (κ1) is 32.4. The molecular weight excluding hydrogens is 612 g/mol. The molecule has 0 radical (unpaired) electrons. The molecule has 248 valence electrons. The third kappa shape index (κ3) is 6.78. The van der Waals surface area contributed by atoms with Crippen LogP contribution in [0.3, 0.4) is 0 Å². The van der Waals surface area contributed by atoms with Crippen molar-refractivity contribution < 1.29 is 28.7 Å². The van der Waals surface area contributed by atoms with Crippen LogP contribution in [0, 0.1) is 6.92 Å². The van der Waals surface area contributed by atoms with Crippen molar-refractivity contribution in [3.63, 3.8) is 0 Å². The Balaban J connectivity index is 0.992. The van der Waals surface area contributed by atoms with E-state index in [9.17, 15) is 19.2 Å². The van der Waals surface area contributed by atoms with Gasteiger partial charge in [-0.25, -0.2) is 9.78 Å². The van der Waals surface area contributed by atoms with Crippen molar-refractivity contribution in [2.24, 2.45) is 19.1 Å². The van der Waals surface area contributed by atoms with Crippen molar-refractivity contribution in [1.29, 1.82) is 0 Å². The van der Waals surface area contributed by atoms with Crippen LogP contribution in [0.4, 0.5) is 11.5 Å². The lowest BCUT2D eigenvalue weighted by Crippen LogP contribution is -2.35. The SMILES string of the molecule is COC(=O)c1cc(-c2ccc(CC(=O)c3nc(NC(=O)CCCOc4cc5c(cc4C)C(=O)N4CCC[C@H]4C=N5)cn3C)cc2)cn1C. The molecule has 48 heavy (non-hydrogen) atoms. The van der Waals surface area contributed by atoms with E-state index in [4.69, 9.17) is 9.47 Å². The molecule has 2 amide bonds. The molecule has 6 rings (SSSR count). The van der Waals surface area contributed by atoms with Gasteiger partial charge in [0.05, 0.1) is 31.0 Å². The van der Waals surface area contributed by atoms with Gasteiger partial charge in [-0.3, -0.25) is 19.4 Å². The summed E-state index contributed by atoms with van der Waals surface area (Å²) in [6.45, 7) is 2.95. The zero-order chi connectivity index (χ0) is 33.9. The van der Waals surface area contributed by atoms with Crippen LogP contribution < -0.4 is 10.1 Å². The van der Waals surface area contributed by atoms with Gasteiger partial charge in [-0.05, 0) is 55.0 Å². The van der Waals surface area contributed by atoms with Gasteiger partial charge in [0.25, 0.3) is 5.91 Å². The van der Waals surface area contributed by atoms with Gasteiger partial charge >= 0.3 is 5.97 Å². The van der Waals surface area contributed by atoms with Gasteiger partial charge in [0.15, 0.2) is 11.6 Å². The first-order valence-electron chi connectivity index (χ1n) is 15.9. The van der Waals surface area contributed by atoms with Crippen LogP contribution in [0.25, 0.3) is 11.1 Å². The number of benzene rings is 2. The van der Waals surface area contributed by atoms with E-state index >= 15 is 0 Å². The number of fused-ring (bicyclic) bond motifs is 2. The van der Waals surface area contributed by atoms with Crippen LogP contribution >= 0.6 is 0 Å². The zero-order valence-electron chi connectivity index (χ0n) is 27.5. The van der Waals surface area contributed by atoms with Crippen molar-refractivity contribution in [3.05, 3.63) is 83.1 Å². The highest BCUT2D eigenvalue weighted by Crippen LogP contribution is 2.34. The average molecular weight is 651 g/mol. The molecule has 0 saturated carbocycles. The van der Waals surface area contributed by atoms with Crippen LogP contribution in [-0.2, 0) is 30.0 Å². The topological polar surface area (TPSA) is 137 Å². The largest absolute Gasteiger partial charge is 0.493 e. The number of aliphatic imine (C=N–C) groups is 1. The number of esters is 1. The van der Waals surface area contributed by atoms with Crippen molar-refractivity contribution >= 4 is 41.3 Å². The number of nitrogens with zero attached hydrogens (tertiary/aromatic N) is 5. The summed E-state index contributed by atoms with van der Waals surface area (Å²) in [5.74, 6) is 0.350. The molecule has 2 aromatic carbocycles. The summed E-state index contributed by atoms with van der Waals surface area (Å²) in [4.78, 5) is 61.6. The van der Waals surface area contributed by atoms with Gasteiger partial charge in [-0.2, -0.15) is 0 Å². The van der Waals surface area contributed by atoms with Gasteiger partial charge in [0, 0.05) is 63.7 Å². The summed E-state index contributed by atoms with van der Waals surface area (Å²) in [5, 5.41) is 2.77. The minimum atomic E-state index is -0.409. The lowest BCUT2D eigenvalue weighted by atomic mass is 10.0. The molecule has 1 saturated heterocycles. The van der Waals surface area contributed by atoms with Crippen molar-refractivity contribution in [2.45, 2.75) is 45.1 Å². The first-order chi connectivity index (χ1) is 23.1. The number of carbonyl (C=O) groups is 4. The second-order valence-electron chi connectivity index (χ2n) is 12.2. The molecule has 0 unspecified atom stereocenters. The maximum absolute atomic E-state index is 13.1. The predicted molar refractivity (Wildman–Crippen MR) is 180 cm³/mol. The number of anilines is 1. The summed E-state index contributed by atoms with van der Waals surface area (Å²) in [6.07, 6.45) is 8.03. The number of ether oxygens (including phenoxy) is 2. The number of ketones is 1. The Kier molecular flexibility index (Phi) is 9.24. The lowest BCUT2D eigenvalue weighted by Gasteiger charge is -2.20. The van der Waals surface area contributed by atoms with Gasteiger partial charge in [-0.1, -0.05) is 24.3 Å². The summed E-state index contributed by atoms with van der Waals surface area (Å²) in [7, 11) is 4.84. The van der Waals surface area contributed by atoms with E-state index in [1.165, 1.54) is 7.11 Å². The molecule has 0 aliphatic carbocycles. The Bertz CT molecular complexity index is 1920. The van der Waals surface area contributed by atoms with E-state index in [0.29, 0.717) is 41.5 Å². The van der Waals surface area contributed by atoms with Gasteiger partial charge in [0.2, 0.25) is 11.7 Å². The molecule has 1 N–H and O–H groups in total. The number of hydrogen-bond donors (Lipinski definition) is 1. The number of carbonyl (C=O) groups excluding carboxylic acids is 4. The number of rotatable bonds is 11. The molecule has 4 aromatic rings. The fourth-order valence-corrected chi connectivity index (χ4v) is 6.15. The number of hydrogen-bond acceptors (Lipinski definition) is 8. The third-order valence-electron chi connectivity index (χ3n) is 8.72. The fraction of sp³-hybridized carbons (Fsp3) is 0.333. The van der Waals surface area contributed by atoms with E-state index in [-0.39, 0.29) is 42.3 Å². The predicted octanol–water partition coefficient (Wildman–Crippen LogP) is 5.06. The standard InChI is InChI=1S/C36H38N6O6/c1-22-15-27-28(37-19-26-7-5-13-42(26)35(27)45)18-31(22)48-14-6-8-33(44)38-32-21-41(3)34(39-32)30(43)16-23-9-11-24(12-10-23)25-17-29(36(46)47-4)40(2)20-25/h9-12,15,17-21,26H,5-8,13-14,16H2,1-4H3,(H,38,44)/t26-/m0/s1. The van der Waals surface area contributed by atoms with Crippen LogP contribution in [0.5, 0.6) is 5.75 Å². The minimum absolute atomic E-state index is 0.00551. The van der Waals surface area contributed by atoms with Crippen LogP contribution in [0.15, 0.2) is 59.9 Å². The molecule has 0 spiro atoms. The molecule has 1 fully saturated rings. The molecule has 2 aromatic heterocycles. The van der Waals surface area contributed by atoms with Crippen molar-refractivity contribution in [3.8, 4) is 16.9 Å². The number of aromatic nitrogens is 3. The van der Waals surface area contributed by atoms with Crippen molar-refractivity contribution in [1.82, 2.24) is 19.0 Å². The quantitative estimate of drug-likeness (QED) is 0.136. The highest BCUT2D eigenvalue weighted by atomic mass is 16.5. The zero-order valence-corrected chi connectivity index (χ0v) is 27.5. The van der Waals surface area contributed by atoms with Gasteiger partial charge in [-0.15, -0.1) is 0 Å². The minimum Gasteiger partial charge on any atom is -0.493 e. The summed E-state index contributed by atoms with van der Waals surface area (Å²) in [6, 6.07) is 13.0. The average Bonchev–Trinajstić information content (AvgIpc) is 3.78. The van der Waals surface area contributed by atoms with Crippen LogP contribution in [0.1, 0.15) is 68.3 Å². The molecule has 2 aliphatic rings. The van der Waals surface area contributed by atoms with Crippen LogP contribution in [0.2, 0.25) is 0 Å². The van der Waals surface area contributed by atoms with E-state index in [1.54, 1.807) is 41.6 Å². The normalized spacial score (nSPS) is 15.1. The molecule has 1 atom stereocenters. The lowest BCUT2D eigenvalue weighted by molar-refractivity contribution is -0.116. The van der Waals surface area contributed by atoms with Gasteiger partial charge < -0.3 is 28.8 Å². The molecular formula is C36H38N6O6. The Morgan fingerprint density at radius 3 is 2.58 bits per heavy atom. The second-order valence-corrected chi connectivity index (χ2v) is 12.2. The number of nitrogens with one attached hydrogen (secondary N) is 1. The Hall–Kier alpha value is -5.52. The maximum Gasteiger partial charge on any atom is 0.354 e. The number of methoxy groups -OCH3 is 1. The number of aryl methyl sites for hydroxylation is 3. The van der Waals surface area contributed by atoms with Crippen molar-refractivity contribution in [2.75, 3.05) is 25.6 Å². The number of imidazole rings is 1. The molecule has 12 nitrogen and oxygen atoms in total. The smallest absolute Gasteiger partial charge is 0.354 e. The summed E-state index contributed by atoms with van der Waals surface area (Å²) in [5.41, 5.74) is 5.06. The Labute approximate surface area is 278 Å². The van der Waals surface area contributed by atoms with Gasteiger partial charge in [0.1, 0.15) is 11.4 Å². The molecule has 12 heteroatoms. The highest BCUT2D eigenvalue weighted by Gasteiger charge is 2.32. The number of amides is 2. The Morgan fingerprint density at radius 2 is 1.81 bits per heavy atom. The third-order valence-corrected chi connectivity index (χ3v) is 8.72. The Morgan fingerprint density at radius 1 is 1.02 bits per heavy atom. The summed E-state index contributed by atoms with van der Waals surface area (Å²) < 4.78 is 14.1. The van der Waals surface area contributed by atoms with E-state index in [0.717, 1.165) is 41.6 Å². The summed E-state index contributed by atoms with van der Waals surface area (Å²) >= 11 is 0. The van der Waals surface area contributed by atoms with E-state index in [1.807, 2.05) is 54.6 Å². The molecule has 4 heterocycles. The maximum atomic E-state index is 13.1. The second kappa shape index (κ2) is 13.7. The number of Topliss-reactive ketones (excluding diaryl/α,β-unsaturated/α-hetero) is 1. The monoisotopic (exact) mass is 650 g/mol. The van der Waals surface area contributed by atoms with Crippen LogP contribution in [-0.4, -0.2) is 75.1 Å². The first-order valence-corrected chi connectivity index (χ1v) is 15.9. The molecule has 2 aliphatic heterocycles. The molecule has 0 bridgehead atoms. The highest BCUT2D eigenvalue weighted by molar-refractivity contribution is 6.03. The fourth-order valence-electron chi connectivity index (χ4n) is 6.15. The van der Waals surface area contributed by atoms with E-state index in [2.05, 4.69) is 15.3 Å². The van der Waals surface area contributed by atoms with E-state index < -0.39 is 5.97 Å².